The standard InChI is InChI=1S/C20H25BrN2O4S/c1-14(2)27-18-7-5-6-16(11-18)12-22-20(24)13-23(28(4,25)26)17-8-9-19(21)15(3)10-17/h5-11,14H,12-13H2,1-4H3,(H,22,24). The number of halogens is 1. The first-order chi connectivity index (χ1) is 13.1. The van der Waals surface area contributed by atoms with E-state index in [1.54, 1.807) is 18.2 Å². The first-order valence-electron chi connectivity index (χ1n) is 8.82. The third-order valence-corrected chi connectivity index (χ3v) is 5.91. The van der Waals surface area contributed by atoms with Gasteiger partial charge in [-0.2, -0.15) is 0 Å². The molecule has 0 saturated carbocycles. The van der Waals surface area contributed by atoms with Gasteiger partial charge in [0.25, 0.3) is 0 Å². The predicted molar refractivity (Wildman–Crippen MR) is 115 cm³/mol. The highest BCUT2D eigenvalue weighted by Gasteiger charge is 2.21. The van der Waals surface area contributed by atoms with E-state index in [1.165, 1.54) is 0 Å². The maximum absolute atomic E-state index is 12.4. The van der Waals surface area contributed by atoms with E-state index >= 15 is 0 Å². The molecule has 152 valence electrons. The molecule has 0 saturated heterocycles. The van der Waals surface area contributed by atoms with Crippen molar-refractivity contribution in [3.05, 3.63) is 58.1 Å². The number of hydrogen-bond donors (Lipinski definition) is 1. The van der Waals surface area contributed by atoms with E-state index in [9.17, 15) is 13.2 Å². The molecule has 8 heteroatoms. The van der Waals surface area contributed by atoms with Crippen LogP contribution in [0, 0.1) is 6.92 Å². The number of benzene rings is 2. The fourth-order valence-electron chi connectivity index (χ4n) is 2.57. The molecule has 0 bridgehead atoms. The van der Waals surface area contributed by atoms with E-state index in [0.717, 1.165) is 31.9 Å². The lowest BCUT2D eigenvalue weighted by Crippen LogP contribution is -2.40. The van der Waals surface area contributed by atoms with Gasteiger partial charge in [-0.3, -0.25) is 9.10 Å². The number of aryl methyl sites for hydroxylation is 1. The Morgan fingerprint density at radius 2 is 1.93 bits per heavy atom. The lowest BCUT2D eigenvalue weighted by molar-refractivity contribution is -0.119. The van der Waals surface area contributed by atoms with E-state index < -0.39 is 10.0 Å². The molecule has 0 aromatic heterocycles. The van der Waals surface area contributed by atoms with Crippen molar-refractivity contribution in [2.45, 2.75) is 33.4 Å². The third kappa shape index (κ3) is 6.53. The van der Waals surface area contributed by atoms with Gasteiger partial charge in [0.1, 0.15) is 12.3 Å². The Kier molecular flexibility index (Phi) is 7.48. The number of anilines is 1. The molecule has 2 aromatic carbocycles. The average Bonchev–Trinajstić information content (AvgIpc) is 2.59. The second kappa shape index (κ2) is 9.43. The summed E-state index contributed by atoms with van der Waals surface area (Å²) in [6.45, 7) is 5.74. The highest BCUT2D eigenvalue weighted by molar-refractivity contribution is 9.10. The van der Waals surface area contributed by atoms with Crippen LogP contribution in [-0.2, 0) is 21.4 Å². The van der Waals surface area contributed by atoms with Gasteiger partial charge in [0, 0.05) is 11.0 Å². The molecule has 0 aliphatic rings. The Hall–Kier alpha value is -2.06. The Morgan fingerprint density at radius 3 is 2.54 bits per heavy atom. The van der Waals surface area contributed by atoms with Crippen LogP contribution in [0.5, 0.6) is 5.75 Å². The molecule has 0 radical (unpaired) electrons. The summed E-state index contributed by atoms with van der Waals surface area (Å²) in [5.74, 6) is 0.339. The monoisotopic (exact) mass is 468 g/mol. The molecule has 0 unspecified atom stereocenters. The lowest BCUT2D eigenvalue weighted by Gasteiger charge is -2.22. The van der Waals surface area contributed by atoms with E-state index in [1.807, 2.05) is 45.0 Å². The zero-order valence-electron chi connectivity index (χ0n) is 16.4. The first-order valence-corrected chi connectivity index (χ1v) is 11.5. The number of carbonyl (C=O) groups is 1. The fourth-order valence-corrected chi connectivity index (χ4v) is 3.67. The molecule has 2 rings (SSSR count). The van der Waals surface area contributed by atoms with Crippen LogP contribution in [0.15, 0.2) is 46.9 Å². The van der Waals surface area contributed by atoms with Crippen molar-refractivity contribution >= 4 is 37.5 Å². The topological polar surface area (TPSA) is 75.7 Å². The minimum absolute atomic E-state index is 0.0579. The van der Waals surface area contributed by atoms with Crippen molar-refractivity contribution < 1.29 is 17.9 Å². The number of amides is 1. The highest BCUT2D eigenvalue weighted by Crippen LogP contribution is 2.24. The lowest BCUT2D eigenvalue weighted by atomic mass is 10.2. The summed E-state index contributed by atoms with van der Waals surface area (Å²) < 4.78 is 32.0. The summed E-state index contributed by atoms with van der Waals surface area (Å²) in [5, 5.41) is 2.77. The number of ether oxygens (including phenoxy) is 1. The molecule has 2 aromatic rings. The number of sulfonamides is 1. The van der Waals surface area contributed by atoms with Crippen molar-refractivity contribution in [3.63, 3.8) is 0 Å². The zero-order valence-corrected chi connectivity index (χ0v) is 18.8. The van der Waals surface area contributed by atoms with Crippen LogP contribution in [0.3, 0.4) is 0 Å². The second-order valence-electron chi connectivity index (χ2n) is 6.79. The smallest absolute Gasteiger partial charge is 0.241 e. The van der Waals surface area contributed by atoms with Crippen LogP contribution in [0.25, 0.3) is 0 Å². The zero-order chi connectivity index (χ0) is 20.9. The third-order valence-electron chi connectivity index (χ3n) is 3.88. The first kappa shape index (κ1) is 22.2. The maximum atomic E-state index is 12.4. The molecule has 28 heavy (non-hydrogen) atoms. The van der Waals surface area contributed by atoms with Gasteiger partial charge in [-0.1, -0.05) is 28.1 Å². The fraction of sp³-hybridized carbons (Fsp3) is 0.350. The number of hydrogen-bond acceptors (Lipinski definition) is 4. The largest absolute Gasteiger partial charge is 0.491 e. The Morgan fingerprint density at radius 1 is 1.21 bits per heavy atom. The van der Waals surface area contributed by atoms with Crippen LogP contribution < -0.4 is 14.4 Å². The summed E-state index contributed by atoms with van der Waals surface area (Å²) >= 11 is 3.39. The van der Waals surface area contributed by atoms with Crippen molar-refractivity contribution in [2.24, 2.45) is 0 Å². The quantitative estimate of drug-likeness (QED) is 0.641. The van der Waals surface area contributed by atoms with Gasteiger partial charge < -0.3 is 10.1 Å². The molecule has 0 spiro atoms. The summed E-state index contributed by atoms with van der Waals surface area (Å²) in [7, 11) is -3.61. The molecule has 1 amide bonds. The molecular formula is C20H25BrN2O4S. The van der Waals surface area contributed by atoms with Gasteiger partial charge in [0.2, 0.25) is 15.9 Å². The van der Waals surface area contributed by atoms with Gasteiger partial charge in [0.05, 0.1) is 18.0 Å². The molecule has 0 aliphatic carbocycles. The van der Waals surface area contributed by atoms with Gasteiger partial charge in [-0.05, 0) is 62.2 Å². The highest BCUT2D eigenvalue weighted by atomic mass is 79.9. The van der Waals surface area contributed by atoms with Crippen LogP contribution >= 0.6 is 15.9 Å². The molecule has 0 fully saturated rings. The molecule has 6 nitrogen and oxygen atoms in total. The van der Waals surface area contributed by atoms with Crippen molar-refractivity contribution in [3.8, 4) is 5.75 Å². The molecule has 0 heterocycles. The van der Waals surface area contributed by atoms with E-state index in [4.69, 9.17) is 4.74 Å². The summed E-state index contributed by atoms with van der Waals surface area (Å²) in [5.41, 5.74) is 2.20. The average molecular weight is 469 g/mol. The predicted octanol–water partition coefficient (Wildman–Crippen LogP) is 3.63. The van der Waals surface area contributed by atoms with Gasteiger partial charge >= 0.3 is 0 Å². The van der Waals surface area contributed by atoms with E-state index in [-0.39, 0.29) is 25.1 Å². The summed E-state index contributed by atoms with van der Waals surface area (Å²) in [6.07, 6.45) is 1.15. The Labute approximate surface area is 175 Å². The molecule has 0 aliphatic heterocycles. The Balaban J connectivity index is 2.07. The van der Waals surface area contributed by atoms with Gasteiger partial charge in [0.15, 0.2) is 0 Å². The molecule has 0 atom stereocenters. The van der Waals surface area contributed by atoms with Crippen LogP contribution in [0.1, 0.15) is 25.0 Å². The van der Waals surface area contributed by atoms with Crippen LogP contribution in [0.2, 0.25) is 0 Å². The van der Waals surface area contributed by atoms with Crippen LogP contribution in [0.4, 0.5) is 5.69 Å². The van der Waals surface area contributed by atoms with E-state index in [2.05, 4.69) is 21.2 Å². The van der Waals surface area contributed by atoms with Crippen molar-refractivity contribution in [1.29, 1.82) is 0 Å². The van der Waals surface area contributed by atoms with Crippen LogP contribution in [-0.4, -0.2) is 33.2 Å². The minimum atomic E-state index is -3.61. The molecular weight excluding hydrogens is 444 g/mol. The van der Waals surface area contributed by atoms with Gasteiger partial charge in [-0.25, -0.2) is 8.42 Å². The van der Waals surface area contributed by atoms with Crippen molar-refractivity contribution in [1.82, 2.24) is 5.32 Å². The number of nitrogens with one attached hydrogen (secondary N) is 1. The maximum Gasteiger partial charge on any atom is 0.241 e. The van der Waals surface area contributed by atoms with Crippen molar-refractivity contribution in [2.75, 3.05) is 17.1 Å². The Bertz CT molecular complexity index is 945. The number of nitrogens with zero attached hydrogens (tertiary/aromatic N) is 1. The summed E-state index contributed by atoms with van der Waals surface area (Å²) in [4.78, 5) is 12.4. The summed E-state index contributed by atoms with van der Waals surface area (Å²) in [6, 6.07) is 12.6. The number of carbonyl (C=O) groups excluding carboxylic acids is 1. The number of rotatable bonds is 8. The van der Waals surface area contributed by atoms with E-state index in [0.29, 0.717) is 5.69 Å². The van der Waals surface area contributed by atoms with Gasteiger partial charge in [-0.15, -0.1) is 0 Å². The normalized spacial score (nSPS) is 11.4. The second-order valence-corrected chi connectivity index (χ2v) is 9.56. The SMILES string of the molecule is Cc1cc(N(CC(=O)NCc2cccc(OC(C)C)c2)S(C)(=O)=O)ccc1Br. The molecule has 1 N–H and O–H groups in total. The minimum Gasteiger partial charge on any atom is -0.491 e.